The molecule has 0 unspecified atom stereocenters. The van der Waals surface area contributed by atoms with Gasteiger partial charge in [-0.15, -0.1) is 0 Å². The van der Waals surface area contributed by atoms with Gasteiger partial charge in [0, 0.05) is 5.69 Å². The topological polar surface area (TPSA) is 72.0 Å². The molecule has 1 aliphatic heterocycles. The Morgan fingerprint density at radius 3 is 2.83 bits per heavy atom. The molecule has 2 aromatic carbocycles. The lowest BCUT2D eigenvalue weighted by atomic mass is 10.1. The van der Waals surface area contributed by atoms with Gasteiger partial charge in [0.15, 0.2) is 11.5 Å². The molecule has 124 valence electrons. The van der Waals surface area contributed by atoms with Crippen molar-refractivity contribution in [3.8, 4) is 11.5 Å². The summed E-state index contributed by atoms with van der Waals surface area (Å²) in [5.74, 6) is 1.18. The molecule has 0 aliphatic carbocycles. The Hall–Kier alpha value is -3.02. The van der Waals surface area contributed by atoms with Gasteiger partial charge in [-0.3, -0.25) is 4.79 Å². The Bertz CT molecular complexity index is 787. The van der Waals surface area contributed by atoms with Crippen LogP contribution in [0.1, 0.15) is 16.7 Å². The summed E-state index contributed by atoms with van der Waals surface area (Å²) in [6.07, 6.45) is 1.57. The number of rotatable bonds is 5. The predicted octanol–water partition coefficient (Wildman–Crippen LogP) is 2.59. The molecule has 0 spiro atoms. The summed E-state index contributed by atoms with van der Waals surface area (Å²) >= 11 is 0. The molecule has 0 radical (unpaired) electrons. The number of hydrogen-bond acceptors (Lipinski definition) is 5. The third kappa shape index (κ3) is 3.84. The van der Waals surface area contributed by atoms with Crippen molar-refractivity contribution in [3.63, 3.8) is 0 Å². The number of ether oxygens (including phenoxy) is 2. The fourth-order valence-corrected chi connectivity index (χ4v) is 2.40. The molecule has 24 heavy (non-hydrogen) atoms. The highest BCUT2D eigenvalue weighted by Crippen LogP contribution is 2.31. The quantitative estimate of drug-likeness (QED) is 0.655. The van der Waals surface area contributed by atoms with Gasteiger partial charge in [0.2, 0.25) is 6.79 Å². The van der Waals surface area contributed by atoms with Gasteiger partial charge in [-0.25, -0.2) is 5.43 Å². The minimum atomic E-state index is -0.216. The average molecular weight is 325 g/mol. The van der Waals surface area contributed by atoms with E-state index in [2.05, 4.69) is 21.9 Å². The van der Waals surface area contributed by atoms with Gasteiger partial charge in [0.25, 0.3) is 5.91 Å². The van der Waals surface area contributed by atoms with E-state index in [1.54, 1.807) is 6.21 Å². The van der Waals surface area contributed by atoms with Crippen molar-refractivity contribution in [2.75, 3.05) is 18.7 Å². The van der Waals surface area contributed by atoms with E-state index in [1.807, 2.05) is 44.2 Å². The molecule has 1 aliphatic rings. The third-order valence-corrected chi connectivity index (χ3v) is 3.62. The van der Waals surface area contributed by atoms with Crippen LogP contribution in [0.4, 0.5) is 5.69 Å². The fourth-order valence-electron chi connectivity index (χ4n) is 2.40. The molecule has 6 heteroatoms. The Kier molecular flexibility index (Phi) is 4.65. The number of carbonyl (C=O) groups is 1. The molecule has 1 amide bonds. The predicted molar refractivity (Wildman–Crippen MR) is 92.7 cm³/mol. The minimum Gasteiger partial charge on any atom is -0.454 e. The zero-order valence-corrected chi connectivity index (χ0v) is 13.6. The first-order valence-electron chi connectivity index (χ1n) is 7.64. The van der Waals surface area contributed by atoms with Gasteiger partial charge in [-0.1, -0.05) is 17.7 Å². The maximum atomic E-state index is 11.8. The maximum absolute atomic E-state index is 11.8. The van der Waals surface area contributed by atoms with Crippen molar-refractivity contribution in [2.45, 2.75) is 13.8 Å². The first-order chi connectivity index (χ1) is 11.6. The number of carbonyl (C=O) groups excluding carboxylic acids is 1. The highest BCUT2D eigenvalue weighted by atomic mass is 16.7. The van der Waals surface area contributed by atoms with Crippen LogP contribution in [0.25, 0.3) is 0 Å². The Labute approximate surface area is 140 Å². The number of amides is 1. The second-order valence-electron chi connectivity index (χ2n) is 5.58. The van der Waals surface area contributed by atoms with Crippen LogP contribution in [0.3, 0.4) is 0 Å². The van der Waals surface area contributed by atoms with E-state index >= 15 is 0 Å². The highest BCUT2D eigenvalue weighted by Gasteiger charge is 2.12. The minimum absolute atomic E-state index is 0.155. The van der Waals surface area contributed by atoms with Gasteiger partial charge in [0.1, 0.15) is 0 Å². The summed E-state index contributed by atoms with van der Waals surface area (Å²) in [4.78, 5) is 11.8. The summed E-state index contributed by atoms with van der Waals surface area (Å²) in [7, 11) is 0. The SMILES string of the molecule is Cc1ccc(NCC(=O)NN=Cc2ccc3c(c2)OCO3)c(C)c1. The van der Waals surface area contributed by atoms with E-state index in [-0.39, 0.29) is 19.2 Å². The van der Waals surface area contributed by atoms with Crippen LogP contribution in [-0.2, 0) is 4.79 Å². The summed E-state index contributed by atoms with van der Waals surface area (Å²) in [5.41, 5.74) is 6.55. The van der Waals surface area contributed by atoms with E-state index in [4.69, 9.17) is 9.47 Å². The van der Waals surface area contributed by atoms with Gasteiger partial charge in [-0.05, 0) is 49.2 Å². The number of benzene rings is 2. The lowest BCUT2D eigenvalue weighted by Crippen LogP contribution is -2.26. The van der Waals surface area contributed by atoms with Crippen molar-refractivity contribution in [1.29, 1.82) is 0 Å². The Morgan fingerprint density at radius 2 is 2.00 bits per heavy atom. The fraction of sp³-hybridized carbons (Fsp3) is 0.222. The molecular formula is C18H19N3O3. The molecule has 6 nitrogen and oxygen atoms in total. The molecule has 0 aromatic heterocycles. The van der Waals surface area contributed by atoms with E-state index in [0.717, 1.165) is 16.8 Å². The molecule has 1 heterocycles. The Balaban J connectivity index is 1.50. The van der Waals surface area contributed by atoms with Crippen molar-refractivity contribution in [2.24, 2.45) is 5.10 Å². The summed E-state index contributed by atoms with van der Waals surface area (Å²) in [6.45, 7) is 4.43. The number of anilines is 1. The van der Waals surface area contributed by atoms with Crippen molar-refractivity contribution in [3.05, 3.63) is 53.1 Å². The number of nitrogens with one attached hydrogen (secondary N) is 2. The maximum Gasteiger partial charge on any atom is 0.259 e. The number of fused-ring (bicyclic) bond motifs is 1. The monoisotopic (exact) mass is 325 g/mol. The van der Waals surface area contributed by atoms with Crippen LogP contribution < -0.4 is 20.2 Å². The highest BCUT2D eigenvalue weighted by molar-refractivity contribution is 5.85. The second kappa shape index (κ2) is 7.04. The van der Waals surface area contributed by atoms with Crippen molar-refractivity contribution >= 4 is 17.8 Å². The average Bonchev–Trinajstić information content (AvgIpc) is 3.02. The molecule has 2 aromatic rings. The third-order valence-electron chi connectivity index (χ3n) is 3.62. The van der Waals surface area contributed by atoms with Gasteiger partial charge < -0.3 is 14.8 Å². The standard InChI is InChI=1S/C18H19N3O3/c1-12-3-5-15(13(2)7-12)19-10-18(22)21-20-9-14-4-6-16-17(8-14)24-11-23-16/h3-9,19H,10-11H2,1-2H3,(H,21,22). The largest absolute Gasteiger partial charge is 0.454 e. The van der Waals surface area contributed by atoms with Crippen LogP contribution in [0, 0.1) is 13.8 Å². The second-order valence-corrected chi connectivity index (χ2v) is 5.58. The molecule has 0 atom stereocenters. The van der Waals surface area contributed by atoms with E-state index in [0.29, 0.717) is 11.5 Å². The smallest absolute Gasteiger partial charge is 0.259 e. The first kappa shape index (κ1) is 15.9. The molecule has 3 rings (SSSR count). The van der Waals surface area contributed by atoms with E-state index < -0.39 is 0 Å². The number of hydrogen-bond donors (Lipinski definition) is 2. The molecule has 0 saturated carbocycles. The number of hydrazone groups is 1. The summed E-state index contributed by atoms with van der Waals surface area (Å²) in [6, 6.07) is 11.5. The number of nitrogens with zero attached hydrogens (tertiary/aromatic N) is 1. The normalized spacial score (nSPS) is 12.4. The zero-order chi connectivity index (χ0) is 16.9. The van der Waals surface area contributed by atoms with Crippen molar-refractivity contribution < 1.29 is 14.3 Å². The first-order valence-corrected chi connectivity index (χ1v) is 7.64. The van der Waals surface area contributed by atoms with Crippen LogP contribution in [-0.4, -0.2) is 25.5 Å². The molecular weight excluding hydrogens is 306 g/mol. The lowest BCUT2D eigenvalue weighted by Gasteiger charge is -2.09. The lowest BCUT2D eigenvalue weighted by molar-refractivity contribution is -0.119. The van der Waals surface area contributed by atoms with Crippen molar-refractivity contribution in [1.82, 2.24) is 5.43 Å². The van der Waals surface area contributed by atoms with E-state index in [1.165, 1.54) is 5.56 Å². The zero-order valence-electron chi connectivity index (χ0n) is 13.6. The number of aryl methyl sites for hydroxylation is 2. The van der Waals surface area contributed by atoms with Gasteiger partial charge >= 0.3 is 0 Å². The van der Waals surface area contributed by atoms with Crippen LogP contribution in [0.2, 0.25) is 0 Å². The summed E-state index contributed by atoms with van der Waals surface area (Å²) in [5, 5.41) is 7.06. The van der Waals surface area contributed by atoms with Crippen LogP contribution in [0.15, 0.2) is 41.5 Å². The molecule has 0 fully saturated rings. The Morgan fingerprint density at radius 1 is 1.17 bits per heavy atom. The van der Waals surface area contributed by atoms with Crippen LogP contribution in [0.5, 0.6) is 11.5 Å². The molecule has 2 N–H and O–H groups in total. The van der Waals surface area contributed by atoms with Gasteiger partial charge in [0.05, 0.1) is 12.8 Å². The van der Waals surface area contributed by atoms with Gasteiger partial charge in [-0.2, -0.15) is 5.10 Å². The van der Waals surface area contributed by atoms with E-state index in [9.17, 15) is 4.79 Å². The van der Waals surface area contributed by atoms with Crippen LogP contribution >= 0.6 is 0 Å². The molecule has 0 bridgehead atoms. The summed E-state index contributed by atoms with van der Waals surface area (Å²) < 4.78 is 10.5. The molecule has 0 saturated heterocycles.